The van der Waals surface area contributed by atoms with Gasteiger partial charge in [0.25, 0.3) is 6.23 Å². The Bertz CT molecular complexity index is 895. The van der Waals surface area contributed by atoms with Gasteiger partial charge in [-0.25, -0.2) is 20.4 Å². The Hall–Kier alpha value is -2.61. The SMILES string of the molecule is COC(=O)[C@@]12NN[C@@H](C(=O)OCc3ccccc3)OC1=CC1=CC(Cl)=CC[C@H]12. The van der Waals surface area contributed by atoms with Gasteiger partial charge < -0.3 is 14.2 Å². The van der Waals surface area contributed by atoms with Gasteiger partial charge in [0.15, 0.2) is 5.54 Å². The van der Waals surface area contributed by atoms with Gasteiger partial charge in [0.05, 0.1) is 7.11 Å². The van der Waals surface area contributed by atoms with Crippen molar-refractivity contribution in [2.45, 2.75) is 24.8 Å². The number of carbonyl (C=O) groups is 2. The molecule has 3 aliphatic rings. The number of carbonyl (C=O) groups excluding carboxylic acids is 2. The number of halogens is 1. The number of nitrogens with one attached hydrogen (secondary N) is 2. The molecule has 0 bridgehead atoms. The van der Waals surface area contributed by atoms with E-state index in [1.54, 1.807) is 12.2 Å². The normalized spacial score (nSPS) is 28.0. The average Bonchev–Trinajstić information content (AvgIpc) is 3.05. The van der Waals surface area contributed by atoms with Crippen LogP contribution in [0.15, 0.2) is 64.9 Å². The fraction of sp³-hybridized carbons (Fsp3) is 0.300. The monoisotopic (exact) mass is 402 g/mol. The van der Waals surface area contributed by atoms with Crippen molar-refractivity contribution < 1.29 is 23.8 Å². The maximum absolute atomic E-state index is 12.7. The van der Waals surface area contributed by atoms with Crippen LogP contribution in [-0.4, -0.2) is 30.8 Å². The highest BCUT2D eigenvalue weighted by molar-refractivity contribution is 6.31. The van der Waals surface area contributed by atoms with Crippen LogP contribution in [0, 0.1) is 5.92 Å². The molecule has 7 nitrogen and oxygen atoms in total. The Kier molecular flexibility index (Phi) is 4.97. The molecular weight excluding hydrogens is 384 g/mol. The number of rotatable bonds is 4. The Morgan fingerprint density at radius 2 is 2.07 bits per heavy atom. The van der Waals surface area contributed by atoms with E-state index in [-0.39, 0.29) is 12.5 Å². The zero-order valence-electron chi connectivity index (χ0n) is 15.1. The molecule has 1 aromatic carbocycles. The molecule has 1 saturated heterocycles. The molecule has 8 heteroatoms. The summed E-state index contributed by atoms with van der Waals surface area (Å²) in [6.07, 6.45) is 4.76. The van der Waals surface area contributed by atoms with Gasteiger partial charge in [0.2, 0.25) is 0 Å². The molecule has 28 heavy (non-hydrogen) atoms. The zero-order chi connectivity index (χ0) is 19.7. The van der Waals surface area contributed by atoms with Gasteiger partial charge in [-0.1, -0.05) is 48.0 Å². The lowest BCUT2D eigenvalue weighted by atomic mass is 9.79. The van der Waals surface area contributed by atoms with E-state index in [4.69, 9.17) is 25.8 Å². The van der Waals surface area contributed by atoms with Gasteiger partial charge in [-0.05, 0) is 29.7 Å². The van der Waals surface area contributed by atoms with E-state index < -0.39 is 23.7 Å². The number of hydrogen-bond acceptors (Lipinski definition) is 7. The Labute approximate surface area is 166 Å². The second-order valence-corrected chi connectivity index (χ2v) is 7.13. The van der Waals surface area contributed by atoms with Crippen molar-refractivity contribution >= 4 is 23.5 Å². The molecule has 0 unspecified atom stereocenters. The van der Waals surface area contributed by atoms with Gasteiger partial charge in [-0.2, -0.15) is 0 Å². The third-order valence-electron chi connectivity index (χ3n) is 5.06. The summed E-state index contributed by atoms with van der Waals surface area (Å²) in [6, 6.07) is 9.33. The van der Waals surface area contributed by atoms with Gasteiger partial charge in [-0.15, -0.1) is 0 Å². The van der Waals surface area contributed by atoms with E-state index in [0.29, 0.717) is 17.2 Å². The topological polar surface area (TPSA) is 85.9 Å². The van der Waals surface area contributed by atoms with E-state index in [1.165, 1.54) is 7.11 Å². The molecule has 0 aromatic heterocycles. The molecule has 0 amide bonds. The number of hydrazine groups is 1. The highest BCUT2D eigenvalue weighted by Crippen LogP contribution is 2.47. The van der Waals surface area contributed by atoms with Gasteiger partial charge in [0, 0.05) is 11.0 Å². The molecule has 146 valence electrons. The first-order valence-corrected chi connectivity index (χ1v) is 9.20. The number of methoxy groups -OCH3 is 1. The molecule has 1 aromatic rings. The predicted molar refractivity (Wildman–Crippen MR) is 100 cm³/mol. The lowest BCUT2D eigenvalue weighted by Crippen LogP contribution is -2.69. The second kappa shape index (κ2) is 7.43. The second-order valence-electron chi connectivity index (χ2n) is 6.69. The fourth-order valence-electron chi connectivity index (χ4n) is 3.67. The summed E-state index contributed by atoms with van der Waals surface area (Å²) in [6.45, 7) is 0.121. The summed E-state index contributed by atoms with van der Waals surface area (Å²) in [7, 11) is 1.31. The van der Waals surface area contributed by atoms with E-state index in [1.807, 2.05) is 36.4 Å². The van der Waals surface area contributed by atoms with E-state index >= 15 is 0 Å². The summed E-state index contributed by atoms with van der Waals surface area (Å²) in [5.41, 5.74) is 6.15. The molecule has 0 spiro atoms. The lowest BCUT2D eigenvalue weighted by molar-refractivity contribution is -0.171. The Morgan fingerprint density at radius 1 is 1.29 bits per heavy atom. The van der Waals surface area contributed by atoms with Crippen LogP contribution >= 0.6 is 11.6 Å². The van der Waals surface area contributed by atoms with Gasteiger partial charge >= 0.3 is 11.9 Å². The van der Waals surface area contributed by atoms with Crippen LogP contribution in [0.1, 0.15) is 12.0 Å². The predicted octanol–water partition coefficient (Wildman–Crippen LogP) is 2.06. The number of benzene rings is 1. The van der Waals surface area contributed by atoms with Crippen LogP contribution in [0.3, 0.4) is 0 Å². The maximum atomic E-state index is 12.7. The molecule has 4 rings (SSSR count). The number of ether oxygens (including phenoxy) is 3. The molecular formula is C20H19ClN2O5. The van der Waals surface area contributed by atoms with Crippen molar-refractivity contribution in [3.05, 3.63) is 70.5 Å². The summed E-state index contributed by atoms with van der Waals surface area (Å²) < 4.78 is 16.1. The smallest absolute Gasteiger partial charge is 0.364 e. The minimum Gasteiger partial charge on any atom is -0.467 e. The van der Waals surface area contributed by atoms with Crippen molar-refractivity contribution in [3.63, 3.8) is 0 Å². The van der Waals surface area contributed by atoms with Crippen molar-refractivity contribution in [2.75, 3.05) is 7.11 Å². The van der Waals surface area contributed by atoms with Crippen LogP contribution in [0.5, 0.6) is 0 Å². The molecule has 2 aliphatic carbocycles. The summed E-state index contributed by atoms with van der Waals surface area (Å²) >= 11 is 6.11. The van der Waals surface area contributed by atoms with Crippen molar-refractivity contribution in [1.82, 2.24) is 10.9 Å². The van der Waals surface area contributed by atoms with E-state index in [2.05, 4.69) is 10.9 Å². The first kappa shape index (κ1) is 18.7. The number of fused-ring (bicyclic) bond motifs is 3. The van der Waals surface area contributed by atoms with Crippen molar-refractivity contribution in [2.24, 2.45) is 5.92 Å². The molecule has 1 aliphatic heterocycles. The Morgan fingerprint density at radius 3 is 2.82 bits per heavy atom. The number of allylic oxidation sites excluding steroid dienone is 4. The van der Waals surface area contributed by atoms with Crippen LogP contribution in [-0.2, 0) is 30.4 Å². The maximum Gasteiger partial charge on any atom is 0.364 e. The van der Waals surface area contributed by atoms with E-state index in [9.17, 15) is 9.59 Å². The first-order valence-electron chi connectivity index (χ1n) is 8.82. The lowest BCUT2D eigenvalue weighted by Gasteiger charge is -2.41. The van der Waals surface area contributed by atoms with Crippen molar-refractivity contribution in [1.29, 1.82) is 0 Å². The Balaban J connectivity index is 1.52. The third kappa shape index (κ3) is 3.11. The minimum absolute atomic E-state index is 0.121. The third-order valence-corrected chi connectivity index (χ3v) is 5.32. The molecule has 0 radical (unpaired) electrons. The fourth-order valence-corrected chi connectivity index (χ4v) is 3.88. The largest absolute Gasteiger partial charge is 0.467 e. The first-order chi connectivity index (χ1) is 13.5. The van der Waals surface area contributed by atoms with Crippen LogP contribution in [0.4, 0.5) is 0 Å². The molecule has 3 atom stereocenters. The standard InChI is InChI=1S/C20H19ClN2O5/c1-26-19(25)20-15-8-7-14(21)9-13(15)10-16(20)28-17(22-23-20)18(24)27-11-12-5-3-2-4-6-12/h2-7,9-10,15,17,22-23H,8,11H2,1H3/t15-,17-,20+/m1/s1. The molecule has 2 N–H and O–H groups in total. The number of esters is 2. The summed E-state index contributed by atoms with van der Waals surface area (Å²) in [5.74, 6) is -1.07. The van der Waals surface area contributed by atoms with Crippen LogP contribution in [0.2, 0.25) is 0 Å². The molecule has 1 fully saturated rings. The average molecular weight is 403 g/mol. The molecule has 0 saturated carbocycles. The van der Waals surface area contributed by atoms with Gasteiger partial charge in [0.1, 0.15) is 12.4 Å². The van der Waals surface area contributed by atoms with E-state index in [0.717, 1.165) is 11.1 Å². The number of hydrogen-bond donors (Lipinski definition) is 2. The minimum atomic E-state index is -1.26. The quantitative estimate of drug-likeness (QED) is 0.745. The highest BCUT2D eigenvalue weighted by atomic mass is 35.5. The van der Waals surface area contributed by atoms with Crippen LogP contribution < -0.4 is 10.9 Å². The molecule has 1 heterocycles. The van der Waals surface area contributed by atoms with Crippen LogP contribution in [0.25, 0.3) is 0 Å². The summed E-state index contributed by atoms with van der Waals surface area (Å²) in [5, 5.41) is 0.591. The summed E-state index contributed by atoms with van der Waals surface area (Å²) in [4.78, 5) is 25.1. The van der Waals surface area contributed by atoms with Crippen molar-refractivity contribution in [3.8, 4) is 0 Å². The van der Waals surface area contributed by atoms with Gasteiger partial charge in [-0.3, -0.25) is 0 Å². The zero-order valence-corrected chi connectivity index (χ0v) is 15.9. The highest BCUT2D eigenvalue weighted by Gasteiger charge is 2.59.